The molecule has 1 aliphatic rings. The summed E-state index contributed by atoms with van der Waals surface area (Å²) < 4.78 is 13.6. The van der Waals surface area contributed by atoms with Crippen molar-refractivity contribution in [2.24, 2.45) is 0 Å². The smallest absolute Gasteiger partial charge is 0.161 e. The highest BCUT2D eigenvalue weighted by Gasteiger charge is 2.47. The lowest BCUT2D eigenvalue weighted by atomic mass is 9.73. The SMILES string of the molecule is CCCNC(c1c(OC)cnn1CCC)C1(OC)CCC1. The first-order valence-electron chi connectivity index (χ1n) is 8.10. The quantitative estimate of drug-likeness (QED) is 0.761. The summed E-state index contributed by atoms with van der Waals surface area (Å²) in [6.45, 7) is 6.23. The minimum atomic E-state index is -0.117. The molecule has 1 heterocycles. The molecule has 1 atom stereocenters. The van der Waals surface area contributed by atoms with Crippen molar-refractivity contribution in [3.63, 3.8) is 0 Å². The van der Waals surface area contributed by atoms with Crippen LogP contribution >= 0.6 is 0 Å². The molecule has 21 heavy (non-hydrogen) atoms. The molecule has 0 spiro atoms. The second kappa shape index (κ2) is 7.27. The summed E-state index contributed by atoms with van der Waals surface area (Å²) in [5.74, 6) is 0.861. The first-order chi connectivity index (χ1) is 10.2. The van der Waals surface area contributed by atoms with Gasteiger partial charge in [0, 0.05) is 13.7 Å². The zero-order chi connectivity index (χ0) is 15.3. The van der Waals surface area contributed by atoms with Crippen molar-refractivity contribution in [3.05, 3.63) is 11.9 Å². The Morgan fingerprint density at radius 3 is 2.57 bits per heavy atom. The Bertz CT molecular complexity index is 435. The maximum Gasteiger partial charge on any atom is 0.161 e. The number of methoxy groups -OCH3 is 2. The van der Waals surface area contributed by atoms with Gasteiger partial charge in [-0.1, -0.05) is 13.8 Å². The Balaban J connectivity index is 2.37. The van der Waals surface area contributed by atoms with Gasteiger partial charge < -0.3 is 14.8 Å². The molecule has 1 fully saturated rings. The highest BCUT2D eigenvalue weighted by Crippen LogP contribution is 2.46. The van der Waals surface area contributed by atoms with Crippen LogP contribution < -0.4 is 10.1 Å². The van der Waals surface area contributed by atoms with Gasteiger partial charge in [0.2, 0.25) is 0 Å². The molecule has 2 rings (SSSR count). The first-order valence-corrected chi connectivity index (χ1v) is 8.10. The van der Waals surface area contributed by atoms with Gasteiger partial charge in [0.05, 0.1) is 24.9 Å². The molecule has 0 bridgehead atoms. The van der Waals surface area contributed by atoms with E-state index in [4.69, 9.17) is 9.47 Å². The highest BCUT2D eigenvalue weighted by molar-refractivity contribution is 5.31. The molecule has 1 aromatic heterocycles. The van der Waals surface area contributed by atoms with Crippen LogP contribution in [0.4, 0.5) is 0 Å². The summed E-state index contributed by atoms with van der Waals surface area (Å²) in [5, 5.41) is 8.18. The van der Waals surface area contributed by atoms with Gasteiger partial charge in [0.25, 0.3) is 0 Å². The Morgan fingerprint density at radius 2 is 2.10 bits per heavy atom. The van der Waals surface area contributed by atoms with Crippen LogP contribution in [-0.2, 0) is 11.3 Å². The summed E-state index contributed by atoms with van der Waals surface area (Å²) in [5.41, 5.74) is 1.02. The van der Waals surface area contributed by atoms with E-state index in [1.807, 2.05) is 13.3 Å². The number of aromatic nitrogens is 2. The number of aryl methyl sites for hydroxylation is 1. The van der Waals surface area contributed by atoms with Crippen molar-refractivity contribution >= 4 is 0 Å². The molecular formula is C16H29N3O2. The third-order valence-electron chi connectivity index (χ3n) is 4.50. The van der Waals surface area contributed by atoms with E-state index in [9.17, 15) is 0 Å². The van der Waals surface area contributed by atoms with Crippen molar-refractivity contribution in [3.8, 4) is 5.75 Å². The van der Waals surface area contributed by atoms with E-state index in [1.54, 1.807) is 7.11 Å². The van der Waals surface area contributed by atoms with Crippen LogP contribution in [0.1, 0.15) is 57.7 Å². The fourth-order valence-corrected chi connectivity index (χ4v) is 3.17. The Morgan fingerprint density at radius 1 is 1.33 bits per heavy atom. The van der Waals surface area contributed by atoms with E-state index in [0.717, 1.165) is 50.2 Å². The number of rotatable bonds is 9. The monoisotopic (exact) mass is 295 g/mol. The lowest BCUT2D eigenvalue weighted by Crippen LogP contribution is -2.51. The van der Waals surface area contributed by atoms with E-state index in [1.165, 1.54) is 6.42 Å². The van der Waals surface area contributed by atoms with Gasteiger partial charge in [-0.3, -0.25) is 4.68 Å². The molecule has 1 N–H and O–H groups in total. The predicted molar refractivity (Wildman–Crippen MR) is 83.7 cm³/mol. The molecule has 1 unspecified atom stereocenters. The lowest BCUT2D eigenvalue weighted by molar-refractivity contribution is -0.102. The molecule has 5 heteroatoms. The zero-order valence-corrected chi connectivity index (χ0v) is 13.8. The average molecular weight is 295 g/mol. The number of nitrogens with one attached hydrogen (secondary N) is 1. The third-order valence-corrected chi connectivity index (χ3v) is 4.50. The molecule has 0 aromatic carbocycles. The second-order valence-electron chi connectivity index (χ2n) is 5.83. The summed E-state index contributed by atoms with van der Waals surface area (Å²) in [4.78, 5) is 0. The highest BCUT2D eigenvalue weighted by atomic mass is 16.5. The molecule has 0 amide bonds. The number of ether oxygens (including phenoxy) is 2. The maximum absolute atomic E-state index is 5.93. The van der Waals surface area contributed by atoms with Gasteiger partial charge in [-0.05, 0) is 38.6 Å². The van der Waals surface area contributed by atoms with Crippen LogP contribution in [0.3, 0.4) is 0 Å². The third kappa shape index (κ3) is 3.09. The lowest BCUT2D eigenvalue weighted by Gasteiger charge is -2.47. The molecule has 1 saturated carbocycles. The molecule has 0 saturated heterocycles. The number of nitrogens with zero attached hydrogens (tertiary/aromatic N) is 2. The van der Waals surface area contributed by atoms with Gasteiger partial charge >= 0.3 is 0 Å². The summed E-state index contributed by atoms with van der Waals surface area (Å²) in [6.07, 6.45) is 7.38. The van der Waals surface area contributed by atoms with E-state index >= 15 is 0 Å². The fraction of sp³-hybridized carbons (Fsp3) is 0.812. The largest absolute Gasteiger partial charge is 0.493 e. The van der Waals surface area contributed by atoms with Crippen molar-refractivity contribution in [1.29, 1.82) is 0 Å². The standard InChI is InChI=1S/C16H29N3O2/c1-5-10-17-15(16(21-4)8-7-9-16)14-13(20-3)12-18-19(14)11-6-2/h12,15,17H,5-11H2,1-4H3. The molecule has 0 aliphatic heterocycles. The van der Waals surface area contributed by atoms with Crippen LogP contribution in [-0.4, -0.2) is 36.1 Å². The minimum absolute atomic E-state index is 0.117. The van der Waals surface area contributed by atoms with Crippen molar-refractivity contribution in [2.75, 3.05) is 20.8 Å². The Kier molecular flexibility index (Phi) is 5.65. The molecule has 1 aromatic rings. The zero-order valence-electron chi connectivity index (χ0n) is 13.8. The van der Waals surface area contributed by atoms with Crippen LogP contribution in [0, 0.1) is 0 Å². The van der Waals surface area contributed by atoms with Gasteiger partial charge in [-0.25, -0.2) is 0 Å². The van der Waals surface area contributed by atoms with Crippen molar-refractivity contribution < 1.29 is 9.47 Å². The van der Waals surface area contributed by atoms with E-state index in [-0.39, 0.29) is 11.6 Å². The molecular weight excluding hydrogens is 266 g/mol. The average Bonchev–Trinajstić information content (AvgIpc) is 2.85. The Hall–Kier alpha value is -1.07. The number of hydrogen-bond acceptors (Lipinski definition) is 4. The number of hydrogen-bond donors (Lipinski definition) is 1. The fourth-order valence-electron chi connectivity index (χ4n) is 3.17. The second-order valence-corrected chi connectivity index (χ2v) is 5.83. The summed E-state index contributed by atoms with van der Waals surface area (Å²) in [6, 6.07) is 0.139. The first kappa shape index (κ1) is 16.3. The van der Waals surface area contributed by atoms with Crippen LogP contribution in [0.25, 0.3) is 0 Å². The van der Waals surface area contributed by atoms with Gasteiger partial charge in [0.15, 0.2) is 5.75 Å². The van der Waals surface area contributed by atoms with Crippen LogP contribution in [0.15, 0.2) is 6.20 Å². The van der Waals surface area contributed by atoms with Gasteiger partial charge in [-0.2, -0.15) is 5.10 Å². The molecule has 5 nitrogen and oxygen atoms in total. The summed E-state index contributed by atoms with van der Waals surface area (Å²) in [7, 11) is 3.54. The van der Waals surface area contributed by atoms with E-state index < -0.39 is 0 Å². The van der Waals surface area contributed by atoms with Crippen molar-refractivity contribution in [2.45, 2.75) is 64.1 Å². The van der Waals surface area contributed by atoms with E-state index in [0.29, 0.717) is 0 Å². The van der Waals surface area contributed by atoms with Crippen LogP contribution in [0.5, 0.6) is 5.75 Å². The normalized spacial score (nSPS) is 18.3. The predicted octanol–water partition coefficient (Wildman–Crippen LogP) is 2.91. The Labute approximate surface area is 128 Å². The molecule has 1 aliphatic carbocycles. The molecule has 0 radical (unpaired) electrons. The van der Waals surface area contributed by atoms with E-state index in [2.05, 4.69) is 28.9 Å². The topological polar surface area (TPSA) is 48.3 Å². The van der Waals surface area contributed by atoms with Crippen molar-refractivity contribution in [1.82, 2.24) is 15.1 Å². The van der Waals surface area contributed by atoms with Gasteiger partial charge in [0.1, 0.15) is 5.69 Å². The molecule has 120 valence electrons. The van der Waals surface area contributed by atoms with Crippen LogP contribution in [0.2, 0.25) is 0 Å². The maximum atomic E-state index is 5.93. The van der Waals surface area contributed by atoms with Gasteiger partial charge in [-0.15, -0.1) is 0 Å². The minimum Gasteiger partial charge on any atom is -0.493 e. The summed E-state index contributed by atoms with van der Waals surface area (Å²) >= 11 is 0.